The van der Waals surface area contributed by atoms with Crippen LogP contribution in [0.1, 0.15) is 24.5 Å². The summed E-state index contributed by atoms with van der Waals surface area (Å²) in [6.45, 7) is 2.67. The summed E-state index contributed by atoms with van der Waals surface area (Å²) >= 11 is 9.48. The van der Waals surface area contributed by atoms with Gasteiger partial charge in [0.15, 0.2) is 0 Å². The summed E-state index contributed by atoms with van der Waals surface area (Å²) in [7, 11) is 0. The zero-order chi connectivity index (χ0) is 17.5. The van der Waals surface area contributed by atoms with Crippen molar-refractivity contribution in [2.75, 3.05) is 6.61 Å². The molecule has 0 aromatic heterocycles. The molecule has 0 fully saturated rings. The van der Waals surface area contributed by atoms with Gasteiger partial charge in [0.2, 0.25) is 0 Å². The van der Waals surface area contributed by atoms with Crippen molar-refractivity contribution in [2.45, 2.75) is 32.5 Å². The zero-order valence-corrected chi connectivity index (χ0v) is 15.7. The molecule has 0 heterocycles. The predicted molar refractivity (Wildman–Crippen MR) is 97.9 cm³/mol. The van der Waals surface area contributed by atoms with Crippen molar-refractivity contribution >= 4 is 27.5 Å². The highest BCUT2D eigenvalue weighted by atomic mass is 79.9. The Labute approximate surface area is 154 Å². The maximum atomic E-state index is 13.9. The van der Waals surface area contributed by atoms with E-state index < -0.39 is 0 Å². The molecule has 2 aromatic rings. The molecule has 2 rings (SSSR count). The predicted octanol–water partition coefficient (Wildman–Crippen LogP) is 4.68. The quantitative estimate of drug-likeness (QED) is 0.656. The number of hydrogen-bond acceptors (Lipinski definition) is 3. The second-order valence-electron chi connectivity index (χ2n) is 5.41. The molecule has 130 valence electrons. The van der Waals surface area contributed by atoms with Crippen LogP contribution in [0, 0.1) is 5.82 Å². The summed E-state index contributed by atoms with van der Waals surface area (Å²) in [5.41, 5.74) is 1.26. The Kier molecular flexibility index (Phi) is 7.49. The minimum Gasteiger partial charge on any atom is -0.488 e. The number of halogens is 3. The third-order valence-electron chi connectivity index (χ3n) is 3.75. The Morgan fingerprint density at radius 3 is 2.79 bits per heavy atom. The van der Waals surface area contributed by atoms with Gasteiger partial charge in [0.05, 0.1) is 11.6 Å². The Bertz CT molecular complexity index is 660. The third kappa shape index (κ3) is 5.18. The average molecular weight is 417 g/mol. The summed E-state index contributed by atoms with van der Waals surface area (Å²) < 4.78 is 20.6. The van der Waals surface area contributed by atoms with Gasteiger partial charge in [0, 0.05) is 28.2 Å². The van der Waals surface area contributed by atoms with Gasteiger partial charge >= 0.3 is 0 Å². The first-order valence-electron chi connectivity index (χ1n) is 7.73. The molecule has 0 spiro atoms. The van der Waals surface area contributed by atoms with E-state index in [4.69, 9.17) is 16.3 Å². The summed E-state index contributed by atoms with van der Waals surface area (Å²) in [5.74, 6) is 0.267. The van der Waals surface area contributed by atoms with E-state index in [0.717, 1.165) is 16.5 Å². The van der Waals surface area contributed by atoms with Crippen LogP contribution in [0.25, 0.3) is 0 Å². The molecular formula is C18H20BrClFNO2. The number of ether oxygens (including phenoxy) is 1. The second kappa shape index (κ2) is 9.37. The largest absolute Gasteiger partial charge is 0.488 e. The lowest BCUT2D eigenvalue weighted by Gasteiger charge is -2.17. The van der Waals surface area contributed by atoms with Gasteiger partial charge in [0.1, 0.15) is 18.2 Å². The minimum atomic E-state index is -0.384. The van der Waals surface area contributed by atoms with Crippen molar-refractivity contribution in [1.29, 1.82) is 0 Å². The van der Waals surface area contributed by atoms with Crippen molar-refractivity contribution in [3.63, 3.8) is 0 Å². The van der Waals surface area contributed by atoms with Gasteiger partial charge in [-0.25, -0.2) is 4.39 Å². The molecule has 3 nitrogen and oxygen atoms in total. The lowest BCUT2D eigenvalue weighted by molar-refractivity contribution is 0.237. The fourth-order valence-corrected chi connectivity index (χ4v) is 2.87. The highest BCUT2D eigenvalue weighted by Gasteiger charge is 2.11. The van der Waals surface area contributed by atoms with Crippen LogP contribution in [0.4, 0.5) is 4.39 Å². The van der Waals surface area contributed by atoms with Crippen molar-refractivity contribution in [3.05, 3.63) is 62.8 Å². The maximum Gasteiger partial charge on any atom is 0.131 e. The Balaban J connectivity index is 2.12. The molecule has 2 aromatic carbocycles. The highest BCUT2D eigenvalue weighted by molar-refractivity contribution is 9.10. The van der Waals surface area contributed by atoms with Gasteiger partial charge in [-0.15, -0.1) is 0 Å². The van der Waals surface area contributed by atoms with E-state index in [-0.39, 0.29) is 25.1 Å². The van der Waals surface area contributed by atoms with E-state index in [1.165, 1.54) is 6.07 Å². The topological polar surface area (TPSA) is 41.5 Å². The Morgan fingerprint density at radius 1 is 1.33 bits per heavy atom. The molecule has 1 unspecified atom stereocenters. The van der Waals surface area contributed by atoms with Gasteiger partial charge < -0.3 is 15.2 Å². The van der Waals surface area contributed by atoms with E-state index in [2.05, 4.69) is 21.2 Å². The van der Waals surface area contributed by atoms with Crippen LogP contribution in [0.3, 0.4) is 0 Å². The van der Waals surface area contributed by atoms with Crippen molar-refractivity contribution < 1.29 is 14.2 Å². The Hall–Kier alpha value is -1.14. The average Bonchev–Trinajstić information content (AvgIpc) is 2.57. The number of aliphatic hydroxyl groups is 1. The number of aliphatic hydroxyl groups excluding tert-OH is 1. The van der Waals surface area contributed by atoms with E-state index in [0.29, 0.717) is 22.9 Å². The van der Waals surface area contributed by atoms with Crippen LogP contribution in [0.2, 0.25) is 5.02 Å². The van der Waals surface area contributed by atoms with Crippen LogP contribution < -0.4 is 10.1 Å². The van der Waals surface area contributed by atoms with Crippen molar-refractivity contribution in [2.24, 2.45) is 0 Å². The number of benzene rings is 2. The number of hydrogen-bond donors (Lipinski definition) is 2. The van der Waals surface area contributed by atoms with E-state index in [1.807, 2.05) is 25.1 Å². The lowest BCUT2D eigenvalue weighted by Crippen LogP contribution is -2.31. The molecule has 0 aliphatic rings. The molecule has 0 saturated carbocycles. The van der Waals surface area contributed by atoms with E-state index in [1.54, 1.807) is 12.1 Å². The molecule has 1 atom stereocenters. The van der Waals surface area contributed by atoms with Crippen molar-refractivity contribution in [1.82, 2.24) is 5.32 Å². The summed E-state index contributed by atoms with van der Waals surface area (Å²) in [5, 5.41) is 12.9. The first-order valence-corrected chi connectivity index (χ1v) is 8.90. The van der Waals surface area contributed by atoms with Gasteiger partial charge in [-0.2, -0.15) is 0 Å². The second-order valence-corrected chi connectivity index (χ2v) is 6.73. The third-order valence-corrected chi connectivity index (χ3v) is 4.60. The van der Waals surface area contributed by atoms with Gasteiger partial charge in [0.25, 0.3) is 0 Å². The minimum absolute atomic E-state index is 0.0258. The molecule has 6 heteroatoms. The van der Waals surface area contributed by atoms with Crippen LogP contribution in [0.5, 0.6) is 5.75 Å². The van der Waals surface area contributed by atoms with Crippen LogP contribution in [-0.2, 0) is 13.2 Å². The monoisotopic (exact) mass is 415 g/mol. The molecule has 0 bridgehead atoms. The zero-order valence-electron chi connectivity index (χ0n) is 13.4. The van der Waals surface area contributed by atoms with Gasteiger partial charge in [-0.05, 0) is 36.8 Å². The standard InChI is InChI=1S/C18H20BrClFNO2/c1-2-14(10-23)22-9-12-8-13(19)6-7-18(12)24-11-15-16(20)4-3-5-17(15)21/h3-8,14,22-23H,2,9-11H2,1H3. The summed E-state index contributed by atoms with van der Waals surface area (Å²) in [6, 6.07) is 10.2. The van der Waals surface area contributed by atoms with Gasteiger partial charge in [-0.3, -0.25) is 0 Å². The molecular weight excluding hydrogens is 397 g/mol. The molecule has 0 saturated heterocycles. The number of rotatable bonds is 8. The fraction of sp³-hybridized carbons (Fsp3) is 0.333. The Morgan fingerprint density at radius 2 is 2.12 bits per heavy atom. The summed E-state index contributed by atoms with van der Waals surface area (Å²) in [6.07, 6.45) is 0.825. The fourth-order valence-electron chi connectivity index (χ4n) is 2.24. The molecule has 24 heavy (non-hydrogen) atoms. The van der Waals surface area contributed by atoms with Gasteiger partial charge in [-0.1, -0.05) is 40.5 Å². The first kappa shape index (κ1) is 19.2. The van der Waals surface area contributed by atoms with Crippen molar-refractivity contribution in [3.8, 4) is 5.75 Å². The normalized spacial score (nSPS) is 12.2. The highest BCUT2D eigenvalue weighted by Crippen LogP contribution is 2.26. The molecule has 0 aliphatic carbocycles. The molecule has 2 N–H and O–H groups in total. The number of nitrogens with one attached hydrogen (secondary N) is 1. The van der Waals surface area contributed by atoms with Crippen LogP contribution >= 0.6 is 27.5 Å². The SMILES string of the molecule is CCC(CO)NCc1cc(Br)ccc1OCc1c(F)cccc1Cl. The van der Waals surface area contributed by atoms with Crippen LogP contribution in [0.15, 0.2) is 40.9 Å². The molecule has 0 radical (unpaired) electrons. The molecule has 0 aliphatic heterocycles. The van der Waals surface area contributed by atoms with E-state index in [9.17, 15) is 9.50 Å². The first-order chi connectivity index (χ1) is 11.5. The maximum absolute atomic E-state index is 13.9. The molecule has 0 amide bonds. The van der Waals surface area contributed by atoms with E-state index >= 15 is 0 Å². The lowest BCUT2D eigenvalue weighted by atomic mass is 10.1. The smallest absolute Gasteiger partial charge is 0.131 e. The summed E-state index contributed by atoms with van der Waals surface area (Å²) in [4.78, 5) is 0. The van der Waals surface area contributed by atoms with Crippen LogP contribution in [-0.4, -0.2) is 17.8 Å².